The molecule has 1 aliphatic rings. The minimum absolute atomic E-state index is 0.0309. The molecule has 7 nitrogen and oxygen atoms in total. The molecule has 0 fully saturated rings. The van der Waals surface area contributed by atoms with Crippen molar-refractivity contribution in [3.8, 4) is 17.1 Å². The molecular formula is C27H16ClF5N4O3. The molecule has 2 amide bonds. The van der Waals surface area contributed by atoms with Crippen molar-refractivity contribution in [2.75, 3.05) is 12.4 Å². The molecule has 3 aromatic carbocycles. The summed E-state index contributed by atoms with van der Waals surface area (Å²) in [6.45, 7) is 0. The first-order valence-corrected chi connectivity index (χ1v) is 11.8. The van der Waals surface area contributed by atoms with Gasteiger partial charge in [-0.05, 0) is 54.6 Å². The Balaban J connectivity index is 1.65. The van der Waals surface area contributed by atoms with Crippen molar-refractivity contribution in [3.05, 3.63) is 105 Å². The summed E-state index contributed by atoms with van der Waals surface area (Å²) in [4.78, 5) is 26.2. The van der Waals surface area contributed by atoms with Gasteiger partial charge in [0.2, 0.25) is 5.88 Å². The van der Waals surface area contributed by atoms with Gasteiger partial charge in [-0.3, -0.25) is 9.59 Å². The van der Waals surface area contributed by atoms with Crippen molar-refractivity contribution in [1.82, 2.24) is 15.5 Å². The molecule has 0 saturated carbocycles. The number of benzene rings is 3. The van der Waals surface area contributed by atoms with Gasteiger partial charge in [-0.1, -0.05) is 11.6 Å². The largest absolute Gasteiger partial charge is 0.480 e. The van der Waals surface area contributed by atoms with Gasteiger partial charge >= 0.3 is 6.18 Å². The van der Waals surface area contributed by atoms with Crippen molar-refractivity contribution in [3.63, 3.8) is 0 Å². The number of halogens is 6. The molecule has 1 aromatic heterocycles. The van der Waals surface area contributed by atoms with Crippen LogP contribution in [0.15, 0.2) is 60.7 Å². The molecule has 4 aromatic rings. The maximum absolute atomic E-state index is 14.1. The Hall–Kier alpha value is -4.58. The molecule has 5 rings (SSSR count). The van der Waals surface area contributed by atoms with Gasteiger partial charge in [0.15, 0.2) is 0 Å². The SMILES string of the molecule is COc1ccc(-c2cc(NC(=O)c3cc(F)cc(C(F)(F)F)c3)c3c(c2)C(=O)NC3c2cc(F)ccc2Cl)nn1. The van der Waals surface area contributed by atoms with Crippen molar-refractivity contribution in [2.24, 2.45) is 0 Å². The van der Waals surface area contributed by atoms with E-state index >= 15 is 0 Å². The van der Waals surface area contributed by atoms with Crippen LogP contribution in [0.4, 0.5) is 27.6 Å². The van der Waals surface area contributed by atoms with Crippen LogP contribution in [0.1, 0.15) is 43.4 Å². The molecular weight excluding hydrogens is 559 g/mol. The number of alkyl halides is 3. The summed E-state index contributed by atoms with van der Waals surface area (Å²) < 4.78 is 72.9. The zero-order valence-corrected chi connectivity index (χ0v) is 21.0. The van der Waals surface area contributed by atoms with E-state index < -0.39 is 46.8 Å². The number of ether oxygens (including phenoxy) is 1. The van der Waals surface area contributed by atoms with Gasteiger partial charge in [0, 0.05) is 44.6 Å². The summed E-state index contributed by atoms with van der Waals surface area (Å²) in [5.41, 5.74) is -1.03. The minimum Gasteiger partial charge on any atom is -0.480 e. The number of fused-ring (bicyclic) bond motifs is 1. The van der Waals surface area contributed by atoms with Gasteiger partial charge in [-0.25, -0.2) is 8.78 Å². The first-order valence-electron chi connectivity index (χ1n) is 11.5. The minimum atomic E-state index is -4.90. The summed E-state index contributed by atoms with van der Waals surface area (Å²) in [5.74, 6) is -3.38. The normalized spacial score (nSPS) is 14.5. The van der Waals surface area contributed by atoms with Crippen LogP contribution in [0.2, 0.25) is 5.02 Å². The maximum Gasteiger partial charge on any atom is 0.416 e. The number of methoxy groups -OCH3 is 1. The summed E-state index contributed by atoms with van der Waals surface area (Å²) >= 11 is 6.29. The van der Waals surface area contributed by atoms with Crippen molar-refractivity contribution in [2.45, 2.75) is 12.2 Å². The summed E-state index contributed by atoms with van der Waals surface area (Å²) in [7, 11) is 1.39. The van der Waals surface area contributed by atoms with Crippen LogP contribution in [0.5, 0.6) is 5.88 Å². The number of carbonyl (C=O) groups is 2. The Labute approximate surface area is 227 Å². The average molecular weight is 575 g/mol. The molecule has 0 bridgehead atoms. The number of aromatic nitrogens is 2. The highest BCUT2D eigenvalue weighted by Gasteiger charge is 2.36. The van der Waals surface area contributed by atoms with Gasteiger partial charge in [0.1, 0.15) is 11.6 Å². The molecule has 1 unspecified atom stereocenters. The van der Waals surface area contributed by atoms with E-state index in [1.54, 1.807) is 0 Å². The number of rotatable bonds is 5. The lowest BCUT2D eigenvalue weighted by Crippen LogP contribution is -2.21. The van der Waals surface area contributed by atoms with E-state index in [1.807, 2.05) is 0 Å². The van der Waals surface area contributed by atoms with Crippen molar-refractivity contribution in [1.29, 1.82) is 0 Å². The maximum atomic E-state index is 14.1. The average Bonchev–Trinajstić information content (AvgIpc) is 3.25. The molecule has 1 aliphatic heterocycles. The van der Waals surface area contributed by atoms with E-state index in [0.717, 1.165) is 12.1 Å². The van der Waals surface area contributed by atoms with Gasteiger partial charge < -0.3 is 15.4 Å². The number of anilines is 1. The second kappa shape index (κ2) is 10.2. The van der Waals surface area contributed by atoms with E-state index in [0.29, 0.717) is 17.7 Å². The van der Waals surface area contributed by atoms with Gasteiger partial charge in [0.25, 0.3) is 11.8 Å². The van der Waals surface area contributed by atoms with E-state index in [4.69, 9.17) is 16.3 Å². The fraction of sp³-hybridized carbons (Fsp3) is 0.111. The monoisotopic (exact) mass is 574 g/mol. The van der Waals surface area contributed by atoms with Crippen molar-refractivity contribution < 1.29 is 36.3 Å². The lowest BCUT2D eigenvalue weighted by molar-refractivity contribution is -0.137. The summed E-state index contributed by atoms with van der Waals surface area (Å²) in [6, 6.07) is 9.84. The quantitative estimate of drug-likeness (QED) is 0.277. The highest BCUT2D eigenvalue weighted by Crippen LogP contribution is 2.42. The van der Waals surface area contributed by atoms with Gasteiger partial charge in [-0.15, -0.1) is 10.2 Å². The number of hydrogen-bond acceptors (Lipinski definition) is 5. The lowest BCUT2D eigenvalue weighted by atomic mass is 9.93. The van der Waals surface area contributed by atoms with E-state index in [9.17, 15) is 31.5 Å². The van der Waals surface area contributed by atoms with E-state index in [1.165, 1.54) is 37.4 Å². The molecule has 0 spiro atoms. The number of hydrogen-bond donors (Lipinski definition) is 2. The van der Waals surface area contributed by atoms with Crippen LogP contribution < -0.4 is 15.4 Å². The third-order valence-electron chi connectivity index (χ3n) is 6.14. The van der Waals surface area contributed by atoms with Gasteiger partial charge in [0.05, 0.1) is 24.4 Å². The van der Waals surface area contributed by atoms with Crippen LogP contribution >= 0.6 is 11.6 Å². The Morgan fingerprint density at radius 3 is 2.45 bits per heavy atom. The Morgan fingerprint density at radius 2 is 1.77 bits per heavy atom. The first-order chi connectivity index (χ1) is 18.9. The Kier molecular flexibility index (Phi) is 6.88. The predicted molar refractivity (Wildman–Crippen MR) is 134 cm³/mol. The highest BCUT2D eigenvalue weighted by molar-refractivity contribution is 6.31. The molecule has 0 aliphatic carbocycles. The predicted octanol–water partition coefficient (Wildman–Crippen LogP) is 6.19. The molecule has 0 radical (unpaired) electrons. The number of carbonyl (C=O) groups excluding carboxylic acids is 2. The number of nitrogens with one attached hydrogen (secondary N) is 2. The summed E-state index contributed by atoms with van der Waals surface area (Å²) in [6.07, 6.45) is -4.90. The highest BCUT2D eigenvalue weighted by atomic mass is 35.5. The lowest BCUT2D eigenvalue weighted by Gasteiger charge is -2.19. The Morgan fingerprint density at radius 1 is 1.00 bits per heavy atom. The molecule has 1 atom stereocenters. The smallest absolute Gasteiger partial charge is 0.416 e. The topological polar surface area (TPSA) is 93.2 Å². The second-order valence-corrected chi connectivity index (χ2v) is 9.11. The van der Waals surface area contributed by atoms with Crippen molar-refractivity contribution >= 4 is 29.1 Å². The molecule has 40 heavy (non-hydrogen) atoms. The third-order valence-corrected chi connectivity index (χ3v) is 6.48. The Bertz CT molecular complexity index is 1660. The fourth-order valence-electron chi connectivity index (χ4n) is 4.32. The fourth-order valence-corrected chi connectivity index (χ4v) is 4.54. The molecule has 2 N–H and O–H groups in total. The molecule has 0 saturated heterocycles. The number of nitrogens with zero attached hydrogens (tertiary/aromatic N) is 2. The van der Waals surface area contributed by atoms with Crippen LogP contribution in [0.3, 0.4) is 0 Å². The number of amides is 2. The van der Waals surface area contributed by atoms with Crippen LogP contribution in [0, 0.1) is 11.6 Å². The first kappa shape index (κ1) is 27.0. The molecule has 13 heteroatoms. The standard InChI is InChI=1S/C27H16ClF5N4O3/c1-40-22-5-4-20(36-37-22)12-8-18-23(24(35-26(18)39)17-11-15(29)2-3-19(17)28)21(9-12)34-25(38)13-6-14(27(31,32)33)10-16(30)7-13/h2-11,24H,1H3,(H,34,38)(H,35,39). The van der Waals surface area contributed by atoms with E-state index in [2.05, 4.69) is 20.8 Å². The second-order valence-electron chi connectivity index (χ2n) is 8.70. The van der Waals surface area contributed by atoms with Gasteiger partial charge in [-0.2, -0.15) is 13.2 Å². The van der Waals surface area contributed by atoms with Crippen LogP contribution in [-0.2, 0) is 6.18 Å². The third kappa shape index (κ3) is 5.17. The zero-order valence-electron chi connectivity index (χ0n) is 20.2. The van der Waals surface area contributed by atoms with Crippen LogP contribution in [-0.4, -0.2) is 29.1 Å². The molecule has 204 valence electrons. The van der Waals surface area contributed by atoms with Crippen LogP contribution in [0.25, 0.3) is 11.3 Å². The summed E-state index contributed by atoms with van der Waals surface area (Å²) in [5, 5.41) is 13.2. The zero-order chi connectivity index (χ0) is 28.8. The van der Waals surface area contributed by atoms with E-state index in [-0.39, 0.29) is 45.0 Å². The molecule has 2 heterocycles.